The van der Waals surface area contributed by atoms with Gasteiger partial charge >= 0.3 is 0 Å². The maximum absolute atomic E-state index is 2.22. The van der Waals surface area contributed by atoms with Crippen LogP contribution in [0.25, 0.3) is 0 Å². The van der Waals surface area contributed by atoms with Crippen molar-refractivity contribution in [3.05, 3.63) is 60.2 Å². The van der Waals surface area contributed by atoms with E-state index in [-0.39, 0.29) is 0 Å². The lowest BCUT2D eigenvalue weighted by atomic mass is 10.1. The van der Waals surface area contributed by atoms with Gasteiger partial charge in [-0.25, -0.2) is 0 Å². The molecule has 0 aliphatic heterocycles. The van der Waals surface area contributed by atoms with E-state index < -0.39 is 0 Å². The van der Waals surface area contributed by atoms with Crippen LogP contribution in [0.3, 0.4) is 0 Å². The Hall–Kier alpha value is -1.30. The Labute approximate surface area is 87.0 Å². The monoisotopic (exact) mass is 186 g/mol. The Morgan fingerprint density at radius 1 is 1.00 bits per heavy atom. The van der Waals surface area contributed by atoms with Crippen molar-refractivity contribution in [1.29, 1.82) is 0 Å². The Morgan fingerprint density at radius 2 is 1.71 bits per heavy atom. The number of hydrogen-bond acceptors (Lipinski definition) is 0. The van der Waals surface area contributed by atoms with Crippen molar-refractivity contribution in [1.82, 2.24) is 0 Å². The average molecular weight is 186 g/mol. The zero-order valence-electron chi connectivity index (χ0n) is 8.82. The quantitative estimate of drug-likeness (QED) is 0.606. The minimum atomic E-state index is 1.11. The van der Waals surface area contributed by atoms with Crippen molar-refractivity contribution < 1.29 is 0 Å². The van der Waals surface area contributed by atoms with E-state index in [1.54, 1.807) is 0 Å². The van der Waals surface area contributed by atoms with Gasteiger partial charge < -0.3 is 0 Å². The van der Waals surface area contributed by atoms with Gasteiger partial charge in [-0.05, 0) is 24.8 Å². The van der Waals surface area contributed by atoms with Crippen molar-refractivity contribution >= 4 is 0 Å². The molecule has 0 bridgehead atoms. The number of allylic oxidation sites excluding steroid dienone is 4. The van der Waals surface area contributed by atoms with E-state index in [4.69, 9.17) is 0 Å². The third kappa shape index (κ3) is 4.66. The zero-order valence-corrected chi connectivity index (χ0v) is 8.82. The molecule has 0 aliphatic carbocycles. The fraction of sp³-hybridized carbons (Fsp3) is 0.286. The SMILES string of the molecule is CC/C=C/C=C/CCc1ccccc1. The highest BCUT2D eigenvalue weighted by molar-refractivity contribution is 5.15. The van der Waals surface area contributed by atoms with Gasteiger partial charge in [0.15, 0.2) is 0 Å². The van der Waals surface area contributed by atoms with Crippen LogP contribution in [0.5, 0.6) is 0 Å². The van der Waals surface area contributed by atoms with Crippen molar-refractivity contribution in [2.75, 3.05) is 0 Å². The van der Waals surface area contributed by atoms with E-state index in [1.165, 1.54) is 5.56 Å². The Bertz CT molecular complexity index is 280. The molecule has 0 fully saturated rings. The van der Waals surface area contributed by atoms with Crippen LogP contribution in [0.15, 0.2) is 54.6 Å². The number of hydrogen-bond donors (Lipinski definition) is 0. The van der Waals surface area contributed by atoms with E-state index in [0.717, 1.165) is 19.3 Å². The Kier molecular flexibility index (Phi) is 5.49. The normalized spacial score (nSPS) is 11.5. The first kappa shape index (κ1) is 10.8. The molecule has 74 valence electrons. The van der Waals surface area contributed by atoms with Crippen LogP contribution in [0, 0.1) is 0 Å². The summed E-state index contributed by atoms with van der Waals surface area (Å²) in [7, 11) is 0. The third-order valence-electron chi connectivity index (χ3n) is 2.06. The van der Waals surface area contributed by atoms with Gasteiger partial charge in [0.2, 0.25) is 0 Å². The summed E-state index contributed by atoms with van der Waals surface area (Å²) in [6.45, 7) is 2.15. The highest BCUT2D eigenvalue weighted by atomic mass is 13.9. The topological polar surface area (TPSA) is 0 Å². The van der Waals surface area contributed by atoms with Crippen LogP contribution in [0.2, 0.25) is 0 Å². The first-order valence-corrected chi connectivity index (χ1v) is 5.29. The van der Waals surface area contributed by atoms with Crippen molar-refractivity contribution in [2.45, 2.75) is 26.2 Å². The number of benzene rings is 1. The second-order valence-electron chi connectivity index (χ2n) is 3.29. The van der Waals surface area contributed by atoms with Gasteiger partial charge in [0, 0.05) is 0 Å². The lowest BCUT2D eigenvalue weighted by Gasteiger charge is -1.95. The second kappa shape index (κ2) is 7.14. The fourth-order valence-corrected chi connectivity index (χ4v) is 1.28. The van der Waals surface area contributed by atoms with Gasteiger partial charge in [0.25, 0.3) is 0 Å². The van der Waals surface area contributed by atoms with Gasteiger partial charge in [0.05, 0.1) is 0 Å². The molecule has 0 heterocycles. The minimum Gasteiger partial charge on any atom is -0.0848 e. The van der Waals surface area contributed by atoms with E-state index in [1.807, 2.05) is 0 Å². The molecule has 0 nitrogen and oxygen atoms in total. The number of rotatable bonds is 5. The highest BCUT2D eigenvalue weighted by Crippen LogP contribution is 2.02. The first-order valence-electron chi connectivity index (χ1n) is 5.29. The van der Waals surface area contributed by atoms with Gasteiger partial charge in [-0.1, -0.05) is 61.6 Å². The van der Waals surface area contributed by atoms with Crippen LogP contribution in [-0.4, -0.2) is 0 Å². The number of aryl methyl sites for hydroxylation is 1. The molecule has 0 saturated heterocycles. The molecule has 1 aromatic carbocycles. The molecule has 1 aromatic rings. The molecule has 0 unspecified atom stereocenters. The highest BCUT2D eigenvalue weighted by Gasteiger charge is 1.86. The largest absolute Gasteiger partial charge is 0.0848 e. The molecule has 0 N–H and O–H groups in total. The standard InChI is InChI=1S/C14H18/c1-2-3-4-5-6-8-11-14-12-9-7-10-13-14/h3-7,9-10,12-13H,2,8,11H2,1H3/b4-3+,6-5+. The predicted molar refractivity (Wildman–Crippen MR) is 63.3 cm³/mol. The van der Waals surface area contributed by atoms with Crippen LogP contribution >= 0.6 is 0 Å². The predicted octanol–water partition coefficient (Wildman–Crippen LogP) is 4.14. The lowest BCUT2D eigenvalue weighted by Crippen LogP contribution is -1.80. The molecule has 0 aliphatic rings. The molecular formula is C14H18. The van der Waals surface area contributed by atoms with E-state index in [2.05, 4.69) is 61.6 Å². The molecule has 14 heavy (non-hydrogen) atoms. The molecule has 1 rings (SSSR count). The summed E-state index contributed by atoms with van der Waals surface area (Å²) in [5.41, 5.74) is 1.41. The molecule has 0 heteroatoms. The lowest BCUT2D eigenvalue weighted by molar-refractivity contribution is 1.00. The van der Waals surface area contributed by atoms with Crippen LogP contribution < -0.4 is 0 Å². The van der Waals surface area contributed by atoms with E-state index in [9.17, 15) is 0 Å². The summed E-state index contributed by atoms with van der Waals surface area (Å²) in [6, 6.07) is 10.6. The summed E-state index contributed by atoms with van der Waals surface area (Å²) < 4.78 is 0. The minimum absolute atomic E-state index is 1.11. The summed E-state index contributed by atoms with van der Waals surface area (Å²) in [6.07, 6.45) is 12.0. The van der Waals surface area contributed by atoms with Gasteiger partial charge in [-0.15, -0.1) is 0 Å². The zero-order chi connectivity index (χ0) is 10.1. The Morgan fingerprint density at radius 3 is 2.43 bits per heavy atom. The molecule has 0 radical (unpaired) electrons. The average Bonchev–Trinajstić information content (AvgIpc) is 2.25. The maximum Gasteiger partial charge on any atom is -0.0244 e. The van der Waals surface area contributed by atoms with Crippen LogP contribution in [0.1, 0.15) is 25.3 Å². The molecule has 0 amide bonds. The molecular weight excluding hydrogens is 168 g/mol. The van der Waals surface area contributed by atoms with Crippen LogP contribution in [-0.2, 0) is 6.42 Å². The first-order chi connectivity index (χ1) is 6.93. The fourth-order valence-electron chi connectivity index (χ4n) is 1.28. The molecule has 0 aromatic heterocycles. The van der Waals surface area contributed by atoms with Crippen molar-refractivity contribution in [2.24, 2.45) is 0 Å². The van der Waals surface area contributed by atoms with Crippen molar-refractivity contribution in [3.8, 4) is 0 Å². The van der Waals surface area contributed by atoms with Gasteiger partial charge in [-0.2, -0.15) is 0 Å². The second-order valence-corrected chi connectivity index (χ2v) is 3.29. The Balaban J connectivity index is 2.22. The summed E-state index contributed by atoms with van der Waals surface area (Å²) in [5.74, 6) is 0. The van der Waals surface area contributed by atoms with E-state index >= 15 is 0 Å². The van der Waals surface area contributed by atoms with Crippen LogP contribution in [0.4, 0.5) is 0 Å². The molecule has 0 saturated carbocycles. The summed E-state index contributed by atoms with van der Waals surface area (Å²) in [4.78, 5) is 0. The van der Waals surface area contributed by atoms with Gasteiger partial charge in [0.1, 0.15) is 0 Å². The summed E-state index contributed by atoms with van der Waals surface area (Å²) >= 11 is 0. The molecule has 0 atom stereocenters. The smallest absolute Gasteiger partial charge is 0.0244 e. The van der Waals surface area contributed by atoms with Crippen molar-refractivity contribution in [3.63, 3.8) is 0 Å². The molecule has 0 spiro atoms. The van der Waals surface area contributed by atoms with Gasteiger partial charge in [-0.3, -0.25) is 0 Å². The van der Waals surface area contributed by atoms with E-state index in [0.29, 0.717) is 0 Å². The third-order valence-corrected chi connectivity index (χ3v) is 2.06. The maximum atomic E-state index is 2.22. The summed E-state index contributed by atoms with van der Waals surface area (Å²) in [5, 5.41) is 0.